The molecule has 2 aliphatic heterocycles. The number of fused-ring (bicyclic) bond motifs is 1. The lowest BCUT2D eigenvalue weighted by atomic mass is 10.1. The van der Waals surface area contributed by atoms with E-state index in [4.69, 9.17) is 0 Å². The van der Waals surface area contributed by atoms with E-state index in [0.29, 0.717) is 11.6 Å². The number of aryl methyl sites for hydroxylation is 2. The number of benzene rings is 1. The minimum atomic E-state index is -0.261. The maximum Gasteiger partial charge on any atom is 0.332 e. The first-order valence-corrected chi connectivity index (χ1v) is 7.04. The van der Waals surface area contributed by atoms with Gasteiger partial charge in [-0.25, -0.2) is 9.69 Å². The van der Waals surface area contributed by atoms with Gasteiger partial charge in [-0.3, -0.25) is 4.79 Å². The fraction of sp³-hybridized carbons (Fsp3) is 0.385. The maximum absolute atomic E-state index is 12.3. The number of hydrogen-bond acceptors (Lipinski definition) is 3. The second-order valence-electron chi connectivity index (χ2n) is 4.73. The van der Waals surface area contributed by atoms with E-state index in [-0.39, 0.29) is 18.0 Å². The number of carbonyl (C=O) groups is 2. The predicted molar refractivity (Wildman–Crippen MR) is 71.8 cm³/mol. The van der Waals surface area contributed by atoms with Crippen molar-refractivity contribution in [2.75, 3.05) is 16.5 Å². The molecular weight excluding hydrogens is 248 g/mol. The molecule has 3 amide bonds. The fourth-order valence-corrected chi connectivity index (χ4v) is 3.62. The van der Waals surface area contributed by atoms with E-state index in [1.165, 1.54) is 4.90 Å². The molecule has 1 aromatic rings. The van der Waals surface area contributed by atoms with Gasteiger partial charge in [-0.1, -0.05) is 17.7 Å². The summed E-state index contributed by atoms with van der Waals surface area (Å²) < 4.78 is 0. The minimum absolute atomic E-state index is 0.0862. The van der Waals surface area contributed by atoms with Gasteiger partial charge in [0.1, 0.15) is 6.04 Å². The molecule has 0 spiro atoms. The van der Waals surface area contributed by atoms with Crippen molar-refractivity contribution < 1.29 is 9.59 Å². The maximum atomic E-state index is 12.3. The summed E-state index contributed by atoms with van der Waals surface area (Å²) in [5, 5.41) is 0. The molecule has 94 valence electrons. The van der Waals surface area contributed by atoms with Crippen molar-refractivity contribution in [3.63, 3.8) is 0 Å². The van der Waals surface area contributed by atoms with Gasteiger partial charge in [0.05, 0.1) is 11.6 Å². The third-order valence-corrected chi connectivity index (χ3v) is 4.43. The highest BCUT2D eigenvalue weighted by Gasteiger charge is 2.48. The van der Waals surface area contributed by atoms with Gasteiger partial charge in [-0.15, -0.1) is 11.8 Å². The normalized spacial score (nSPS) is 22.9. The highest BCUT2D eigenvalue weighted by atomic mass is 32.2. The zero-order chi connectivity index (χ0) is 12.9. The Hall–Kier alpha value is -1.49. The zero-order valence-electron chi connectivity index (χ0n) is 10.3. The first-order valence-electron chi connectivity index (χ1n) is 5.89. The number of anilines is 1. The SMILES string of the molecule is Cc1ccc(N2C(=O)C3CSCN3C2=O)c(C)c1. The molecule has 3 rings (SSSR count). The molecule has 2 heterocycles. The Morgan fingerprint density at radius 2 is 2.06 bits per heavy atom. The van der Waals surface area contributed by atoms with Gasteiger partial charge in [0.25, 0.3) is 5.91 Å². The molecule has 1 atom stereocenters. The second kappa shape index (κ2) is 4.02. The van der Waals surface area contributed by atoms with E-state index >= 15 is 0 Å². The molecule has 1 aromatic carbocycles. The number of imide groups is 1. The Morgan fingerprint density at radius 1 is 1.28 bits per heavy atom. The van der Waals surface area contributed by atoms with Crippen molar-refractivity contribution >= 4 is 29.4 Å². The molecule has 2 fully saturated rings. The Balaban J connectivity index is 2.02. The predicted octanol–water partition coefficient (Wildman–Crippen LogP) is 2.14. The number of carbonyl (C=O) groups excluding carboxylic acids is 2. The van der Waals surface area contributed by atoms with Crippen LogP contribution in [0.5, 0.6) is 0 Å². The van der Waals surface area contributed by atoms with Crippen LogP contribution < -0.4 is 4.90 Å². The van der Waals surface area contributed by atoms with Gasteiger partial charge in [0, 0.05) is 5.75 Å². The number of urea groups is 1. The molecule has 0 bridgehead atoms. The quantitative estimate of drug-likeness (QED) is 0.728. The lowest BCUT2D eigenvalue weighted by Gasteiger charge is -2.17. The van der Waals surface area contributed by atoms with Crippen molar-refractivity contribution in [2.45, 2.75) is 19.9 Å². The van der Waals surface area contributed by atoms with E-state index < -0.39 is 0 Å². The summed E-state index contributed by atoms with van der Waals surface area (Å²) >= 11 is 1.64. The van der Waals surface area contributed by atoms with Crippen LogP contribution >= 0.6 is 11.8 Å². The summed E-state index contributed by atoms with van der Waals surface area (Å²) in [5.74, 6) is 1.25. The van der Waals surface area contributed by atoms with Crippen LogP contribution in [0.15, 0.2) is 18.2 Å². The summed E-state index contributed by atoms with van der Waals surface area (Å²) in [6, 6.07) is 5.34. The number of rotatable bonds is 1. The van der Waals surface area contributed by atoms with Crippen LogP contribution in [0, 0.1) is 13.8 Å². The molecule has 0 saturated carbocycles. The van der Waals surface area contributed by atoms with E-state index in [1.807, 2.05) is 32.0 Å². The summed E-state index contributed by atoms with van der Waals surface area (Å²) in [6.07, 6.45) is 0. The average molecular weight is 262 g/mol. The molecule has 2 aliphatic rings. The standard InChI is InChI=1S/C13H14N2O2S/c1-8-3-4-10(9(2)5-8)15-12(16)11-6-18-7-14(11)13(15)17/h3-5,11H,6-7H2,1-2H3. The largest absolute Gasteiger partial charge is 0.332 e. The topological polar surface area (TPSA) is 40.6 Å². The molecule has 0 aromatic heterocycles. The van der Waals surface area contributed by atoms with Crippen LogP contribution in [0.25, 0.3) is 0 Å². The molecule has 2 saturated heterocycles. The van der Waals surface area contributed by atoms with Crippen LogP contribution in [0.1, 0.15) is 11.1 Å². The van der Waals surface area contributed by atoms with Crippen molar-refractivity contribution in [1.82, 2.24) is 4.90 Å². The van der Waals surface area contributed by atoms with Crippen molar-refractivity contribution in [3.8, 4) is 0 Å². The van der Waals surface area contributed by atoms with Gasteiger partial charge in [0.2, 0.25) is 0 Å². The smallest absolute Gasteiger partial charge is 0.302 e. The summed E-state index contributed by atoms with van der Waals surface area (Å²) in [6.45, 7) is 3.93. The highest BCUT2D eigenvalue weighted by Crippen LogP contribution is 2.34. The Labute approximate surface area is 110 Å². The Bertz CT molecular complexity index is 522. The van der Waals surface area contributed by atoms with E-state index in [0.717, 1.165) is 16.8 Å². The second-order valence-corrected chi connectivity index (χ2v) is 5.73. The van der Waals surface area contributed by atoms with Crippen LogP contribution in [-0.2, 0) is 4.79 Å². The lowest BCUT2D eigenvalue weighted by Crippen LogP contribution is -2.33. The van der Waals surface area contributed by atoms with E-state index in [2.05, 4.69) is 0 Å². The first-order chi connectivity index (χ1) is 8.59. The average Bonchev–Trinajstić information content (AvgIpc) is 2.87. The van der Waals surface area contributed by atoms with Crippen molar-refractivity contribution in [1.29, 1.82) is 0 Å². The number of thioether (sulfide) groups is 1. The minimum Gasteiger partial charge on any atom is -0.302 e. The third-order valence-electron chi connectivity index (χ3n) is 3.42. The fourth-order valence-electron chi connectivity index (χ4n) is 2.49. The van der Waals surface area contributed by atoms with Gasteiger partial charge >= 0.3 is 6.03 Å². The van der Waals surface area contributed by atoms with Crippen molar-refractivity contribution in [2.24, 2.45) is 0 Å². The number of amides is 3. The van der Waals surface area contributed by atoms with Crippen LogP contribution in [-0.4, -0.2) is 34.5 Å². The van der Waals surface area contributed by atoms with Crippen LogP contribution in [0.2, 0.25) is 0 Å². The van der Waals surface area contributed by atoms with Gasteiger partial charge < -0.3 is 4.90 Å². The summed E-state index contributed by atoms with van der Waals surface area (Å²) in [4.78, 5) is 27.5. The molecule has 18 heavy (non-hydrogen) atoms. The first kappa shape index (κ1) is 11.6. The van der Waals surface area contributed by atoms with Gasteiger partial charge in [-0.2, -0.15) is 0 Å². The monoisotopic (exact) mass is 262 g/mol. The van der Waals surface area contributed by atoms with Gasteiger partial charge in [-0.05, 0) is 25.5 Å². The molecular formula is C13H14N2O2S. The molecule has 1 unspecified atom stereocenters. The zero-order valence-corrected chi connectivity index (χ0v) is 11.2. The Kier molecular flexibility index (Phi) is 2.59. The Morgan fingerprint density at radius 3 is 2.72 bits per heavy atom. The highest BCUT2D eigenvalue weighted by molar-refractivity contribution is 7.99. The van der Waals surface area contributed by atoms with E-state index in [1.54, 1.807) is 16.7 Å². The number of hydrogen-bond donors (Lipinski definition) is 0. The molecule has 4 nitrogen and oxygen atoms in total. The number of nitrogens with zero attached hydrogens (tertiary/aromatic N) is 2. The molecule has 0 N–H and O–H groups in total. The van der Waals surface area contributed by atoms with Crippen LogP contribution in [0.4, 0.5) is 10.5 Å². The third kappa shape index (κ3) is 1.54. The van der Waals surface area contributed by atoms with Gasteiger partial charge in [0.15, 0.2) is 0 Å². The summed E-state index contributed by atoms with van der Waals surface area (Å²) in [7, 11) is 0. The molecule has 0 aliphatic carbocycles. The summed E-state index contributed by atoms with van der Waals surface area (Å²) in [5.41, 5.74) is 2.81. The van der Waals surface area contributed by atoms with Crippen molar-refractivity contribution in [3.05, 3.63) is 29.3 Å². The van der Waals surface area contributed by atoms with E-state index in [9.17, 15) is 9.59 Å². The van der Waals surface area contributed by atoms with Crippen LogP contribution in [0.3, 0.4) is 0 Å². The molecule has 5 heteroatoms. The lowest BCUT2D eigenvalue weighted by molar-refractivity contribution is -0.118. The molecule has 0 radical (unpaired) electrons.